The fraction of sp³-hybridized carbons (Fsp3) is 0.435. The number of aliphatic carboxylic acids is 1. The van der Waals surface area contributed by atoms with Crippen molar-refractivity contribution in [2.75, 3.05) is 25.4 Å². The van der Waals surface area contributed by atoms with Crippen LogP contribution in [0.5, 0.6) is 0 Å². The Labute approximate surface area is 196 Å². The van der Waals surface area contributed by atoms with Crippen molar-refractivity contribution in [3.05, 3.63) is 58.3 Å². The Morgan fingerprint density at radius 3 is 2.69 bits per heavy atom. The molecule has 0 radical (unpaired) electrons. The highest BCUT2D eigenvalue weighted by atomic mass is 32.2. The number of thioether (sulfide) groups is 1. The van der Waals surface area contributed by atoms with Gasteiger partial charge in [0.05, 0.1) is 17.9 Å². The summed E-state index contributed by atoms with van der Waals surface area (Å²) in [5, 5.41) is 14.5. The molecule has 1 aromatic carbocycles. The number of thiophene rings is 1. The van der Waals surface area contributed by atoms with Gasteiger partial charge in [-0.15, -0.1) is 23.1 Å². The number of esters is 1. The SMILES string of the molecule is CCOC(=O)[C@@H](CCc1ccccc1)NC1CSC(c2cccs2)CN(CC(=O)O)C1=O. The summed E-state index contributed by atoms with van der Waals surface area (Å²) in [4.78, 5) is 39.7. The smallest absolute Gasteiger partial charge is 0.323 e. The quantitative estimate of drug-likeness (QED) is 0.509. The van der Waals surface area contributed by atoms with E-state index < -0.39 is 24.0 Å². The zero-order valence-electron chi connectivity index (χ0n) is 17.9. The normalized spacial score (nSPS) is 19.9. The fourth-order valence-corrected chi connectivity index (χ4v) is 5.89. The molecule has 1 aromatic heterocycles. The molecule has 1 saturated heterocycles. The van der Waals surface area contributed by atoms with Crippen molar-refractivity contribution in [1.82, 2.24) is 10.2 Å². The van der Waals surface area contributed by atoms with Crippen LogP contribution in [0.15, 0.2) is 47.8 Å². The van der Waals surface area contributed by atoms with Crippen LogP contribution in [-0.4, -0.2) is 65.4 Å². The van der Waals surface area contributed by atoms with Gasteiger partial charge in [-0.3, -0.25) is 19.7 Å². The second kappa shape index (κ2) is 12.0. The van der Waals surface area contributed by atoms with Crippen molar-refractivity contribution in [2.24, 2.45) is 0 Å². The standard InChI is InChI=1S/C23H28N2O5S2/c1-2-30-23(29)17(11-10-16-7-4-3-5-8-16)24-18-15-32-20(19-9-6-12-31-19)13-25(22(18)28)14-21(26)27/h3-9,12,17-18,20,24H,2,10-11,13-15H2,1H3,(H,26,27)/t17-,18?,20?/m1/s1. The van der Waals surface area contributed by atoms with E-state index in [2.05, 4.69) is 5.32 Å². The largest absolute Gasteiger partial charge is 0.480 e. The first-order valence-corrected chi connectivity index (χ1v) is 12.5. The zero-order chi connectivity index (χ0) is 22.9. The summed E-state index contributed by atoms with van der Waals surface area (Å²) < 4.78 is 5.25. The van der Waals surface area contributed by atoms with Gasteiger partial charge in [0.2, 0.25) is 5.91 Å². The van der Waals surface area contributed by atoms with Gasteiger partial charge < -0.3 is 14.7 Å². The lowest BCUT2D eigenvalue weighted by atomic mass is 10.0. The lowest BCUT2D eigenvalue weighted by molar-refractivity contribution is -0.148. The van der Waals surface area contributed by atoms with Crippen LogP contribution in [0.1, 0.15) is 29.0 Å². The highest BCUT2D eigenvalue weighted by molar-refractivity contribution is 7.99. The van der Waals surface area contributed by atoms with E-state index in [4.69, 9.17) is 4.74 Å². The Morgan fingerprint density at radius 1 is 1.25 bits per heavy atom. The lowest BCUT2D eigenvalue weighted by Gasteiger charge is -2.26. The van der Waals surface area contributed by atoms with Crippen LogP contribution < -0.4 is 5.32 Å². The molecule has 2 N–H and O–H groups in total. The average Bonchev–Trinajstić information content (AvgIpc) is 3.27. The van der Waals surface area contributed by atoms with Gasteiger partial charge in [-0.2, -0.15) is 0 Å². The van der Waals surface area contributed by atoms with E-state index in [0.717, 1.165) is 10.4 Å². The van der Waals surface area contributed by atoms with E-state index in [0.29, 0.717) is 25.1 Å². The molecule has 1 fully saturated rings. The van der Waals surface area contributed by atoms with E-state index >= 15 is 0 Å². The molecule has 1 aliphatic heterocycles. The molecule has 2 unspecified atom stereocenters. The van der Waals surface area contributed by atoms with E-state index in [1.165, 1.54) is 4.90 Å². The number of carbonyl (C=O) groups is 3. The minimum absolute atomic E-state index is 0.00420. The highest BCUT2D eigenvalue weighted by Crippen LogP contribution is 2.35. The molecule has 172 valence electrons. The number of nitrogens with zero attached hydrogens (tertiary/aromatic N) is 1. The van der Waals surface area contributed by atoms with Gasteiger partial charge in [-0.1, -0.05) is 36.4 Å². The van der Waals surface area contributed by atoms with Gasteiger partial charge in [0.25, 0.3) is 0 Å². The van der Waals surface area contributed by atoms with Crippen molar-refractivity contribution in [2.45, 2.75) is 37.1 Å². The Bertz CT molecular complexity index is 891. The van der Waals surface area contributed by atoms with Crippen molar-refractivity contribution in [1.29, 1.82) is 0 Å². The number of carbonyl (C=O) groups excluding carboxylic acids is 2. The van der Waals surface area contributed by atoms with Gasteiger partial charge in [0.15, 0.2) is 0 Å². The lowest BCUT2D eigenvalue weighted by Crippen LogP contribution is -2.53. The number of carboxylic acid groups (broad SMARTS) is 1. The van der Waals surface area contributed by atoms with Crippen LogP contribution in [0.3, 0.4) is 0 Å². The number of hydrogen-bond acceptors (Lipinski definition) is 7. The number of aryl methyl sites for hydroxylation is 1. The maximum atomic E-state index is 13.2. The minimum Gasteiger partial charge on any atom is -0.480 e. The Morgan fingerprint density at radius 2 is 2.03 bits per heavy atom. The van der Waals surface area contributed by atoms with Gasteiger partial charge in [-0.05, 0) is 36.8 Å². The zero-order valence-corrected chi connectivity index (χ0v) is 19.6. The van der Waals surface area contributed by atoms with Gasteiger partial charge in [0, 0.05) is 17.2 Å². The van der Waals surface area contributed by atoms with Crippen molar-refractivity contribution in [3.63, 3.8) is 0 Å². The van der Waals surface area contributed by atoms with Crippen LogP contribution in [0.4, 0.5) is 0 Å². The fourth-order valence-electron chi connectivity index (χ4n) is 3.63. The number of rotatable bonds is 10. The predicted octanol–water partition coefficient (Wildman–Crippen LogP) is 2.97. The highest BCUT2D eigenvalue weighted by Gasteiger charge is 2.36. The van der Waals surface area contributed by atoms with E-state index in [1.807, 2.05) is 47.8 Å². The molecule has 3 rings (SSSR count). The molecule has 2 aromatic rings. The molecule has 0 spiro atoms. The molecule has 9 heteroatoms. The number of amides is 1. The monoisotopic (exact) mass is 476 g/mol. The second-order valence-electron chi connectivity index (χ2n) is 7.50. The molecule has 1 amide bonds. The van der Waals surface area contributed by atoms with E-state index in [9.17, 15) is 19.5 Å². The van der Waals surface area contributed by atoms with Crippen LogP contribution in [-0.2, 0) is 25.5 Å². The van der Waals surface area contributed by atoms with Crippen molar-refractivity contribution in [3.8, 4) is 0 Å². The molecule has 3 atom stereocenters. The van der Waals surface area contributed by atoms with Gasteiger partial charge in [-0.25, -0.2) is 0 Å². The van der Waals surface area contributed by atoms with E-state index in [1.54, 1.807) is 30.0 Å². The Kier molecular flexibility index (Phi) is 9.13. The molecular weight excluding hydrogens is 448 g/mol. The number of hydrogen-bond donors (Lipinski definition) is 2. The summed E-state index contributed by atoms with van der Waals surface area (Å²) in [6, 6.07) is 12.4. The molecule has 32 heavy (non-hydrogen) atoms. The Hall–Kier alpha value is -2.36. The van der Waals surface area contributed by atoms with Gasteiger partial charge in [0.1, 0.15) is 12.6 Å². The minimum atomic E-state index is -1.06. The van der Waals surface area contributed by atoms with Crippen LogP contribution in [0.25, 0.3) is 0 Å². The molecular formula is C23H28N2O5S2. The maximum absolute atomic E-state index is 13.2. The number of ether oxygens (including phenoxy) is 1. The summed E-state index contributed by atoms with van der Waals surface area (Å²) in [5.74, 6) is -1.31. The molecule has 7 nitrogen and oxygen atoms in total. The molecule has 0 saturated carbocycles. The van der Waals surface area contributed by atoms with Crippen LogP contribution in [0, 0.1) is 0 Å². The number of nitrogens with one attached hydrogen (secondary N) is 1. The number of carboxylic acids is 1. The first-order valence-electron chi connectivity index (χ1n) is 10.6. The van der Waals surface area contributed by atoms with Crippen molar-refractivity contribution < 1.29 is 24.2 Å². The third-order valence-corrected chi connectivity index (χ3v) is 7.65. The maximum Gasteiger partial charge on any atom is 0.323 e. The summed E-state index contributed by atoms with van der Waals surface area (Å²) in [5.41, 5.74) is 1.09. The predicted molar refractivity (Wildman–Crippen MR) is 126 cm³/mol. The summed E-state index contributed by atoms with van der Waals surface area (Å²) in [7, 11) is 0. The first-order chi connectivity index (χ1) is 15.5. The molecule has 0 aliphatic carbocycles. The average molecular weight is 477 g/mol. The molecule has 2 heterocycles. The topological polar surface area (TPSA) is 95.9 Å². The first kappa shape index (κ1) is 24.3. The van der Waals surface area contributed by atoms with Crippen molar-refractivity contribution >= 4 is 40.9 Å². The van der Waals surface area contributed by atoms with Crippen LogP contribution in [0.2, 0.25) is 0 Å². The summed E-state index contributed by atoms with van der Waals surface area (Å²) >= 11 is 3.20. The van der Waals surface area contributed by atoms with Crippen LogP contribution >= 0.6 is 23.1 Å². The third kappa shape index (κ3) is 6.82. The number of benzene rings is 1. The summed E-state index contributed by atoms with van der Waals surface area (Å²) in [6.07, 6.45) is 1.13. The summed E-state index contributed by atoms with van der Waals surface area (Å²) in [6.45, 7) is 1.95. The van der Waals surface area contributed by atoms with E-state index in [-0.39, 0.29) is 24.3 Å². The molecule has 1 aliphatic rings. The third-order valence-electron chi connectivity index (χ3n) is 5.18. The Balaban J connectivity index is 1.75. The second-order valence-corrected chi connectivity index (χ2v) is 9.71. The van der Waals surface area contributed by atoms with Gasteiger partial charge >= 0.3 is 11.9 Å². The molecule has 0 bridgehead atoms.